The highest BCUT2D eigenvalue weighted by atomic mass is 79.9. The molecular weight excluding hydrogens is 455 g/mol. The molecule has 0 spiro atoms. The van der Waals surface area contributed by atoms with E-state index in [1.807, 2.05) is 19.1 Å². The Hall–Kier alpha value is -2.75. The van der Waals surface area contributed by atoms with E-state index in [0.717, 1.165) is 10.0 Å². The van der Waals surface area contributed by atoms with Gasteiger partial charge < -0.3 is 18.8 Å². The Balaban J connectivity index is 1.69. The number of aromatic nitrogens is 2. The zero-order valence-electron chi connectivity index (χ0n) is 15.5. The van der Waals surface area contributed by atoms with Crippen LogP contribution in [0.1, 0.15) is 12.5 Å². The zero-order chi connectivity index (χ0) is 21.0. The fourth-order valence-corrected chi connectivity index (χ4v) is 2.89. The summed E-state index contributed by atoms with van der Waals surface area (Å²) in [5, 5.41) is 8.10. The maximum absolute atomic E-state index is 12.2. The molecule has 2 aromatic carbocycles. The van der Waals surface area contributed by atoms with E-state index in [1.54, 1.807) is 18.0 Å². The first-order valence-electron chi connectivity index (χ1n) is 8.57. The molecule has 0 aliphatic heterocycles. The van der Waals surface area contributed by atoms with E-state index in [0.29, 0.717) is 30.4 Å². The highest BCUT2D eigenvalue weighted by Gasteiger charge is 2.31. The van der Waals surface area contributed by atoms with Crippen molar-refractivity contribution in [3.05, 3.63) is 52.5 Å². The largest absolute Gasteiger partial charge is 0.573 e. The number of hydrogen-bond donors (Lipinski definition) is 0. The first-order valence-corrected chi connectivity index (χ1v) is 9.36. The molecule has 0 radical (unpaired) electrons. The Morgan fingerprint density at radius 1 is 1.10 bits per heavy atom. The molecule has 0 fully saturated rings. The number of anilines is 1. The summed E-state index contributed by atoms with van der Waals surface area (Å²) in [5.41, 5.74) is 1.46. The van der Waals surface area contributed by atoms with E-state index in [2.05, 4.69) is 30.9 Å². The van der Waals surface area contributed by atoms with Gasteiger partial charge in [0, 0.05) is 19.2 Å². The third kappa shape index (κ3) is 5.63. The van der Waals surface area contributed by atoms with Crippen LogP contribution in [0.5, 0.6) is 11.5 Å². The molecule has 154 valence electrons. The summed E-state index contributed by atoms with van der Waals surface area (Å²) < 4.78 is 52.7. The fourth-order valence-electron chi connectivity index (χ4n) is 2.53. The first-order chi connectivity index (χ1) is 13.7. The van der Waals surface area contributed by atoms with E-state index in [4.69, 9.17) is 9.15 Å². The van der Waals surface area contributed by atoms with E-state index < -0.39 is 6.36 Å². The number of alkyl halides is 3. The van der Waals surface area contributed by atoms with Gasteiger partial charge in [0.15, 0.2) is 0 Å². The van der Waals surface area contributed by atoms with Crippen molar-refractivity contribution in [3.63, 3.8) is 0 Å². The summed E-state index contributed by atoms with van der Waals surface area (Å²) in [4.78, 5) is 1.69. The van der Waals surface area contributed by atoms with Crippen LogP contribution in [0.2, 0.25) is 0 Å². The normalized spacial score (nSPS) is 11.4. The van der Waals surface area contributed by atoms with Crippen molar-refractivity contribution >= 4 is 21.9 Å². The monoisotopic (exact) mass is 471 g/mol. The second-order valence-electron chi connectivity index (χ2n) is 6.02. The van der Waals surface area contributed by atoms with Crippen molar-refractivity contribution in [3.8, 4) is 23.0 Å². The van der Waals surface area contributed by atoms with E-state index in [1.165, 1.54) is 24.3 Å². The topological polar surface area (TPSA) is 60.6 Å². The summed E-state index contributed by atoms with van der Waals surface area (Å²) >= 11 is 3.42. The number of rotatable bonds is 7. The van der Waals surface area contributed by atoms with E-state index in [9.17, 15) is 13.2 Å². The molecule has 29 heavy (non-hydrogen) atoms. The molecule has 10 heteroatoms. The molecule has 1 aromatic heterocycles. The average molecular weight is 472 g/mol. The summed E-state index contributed by atoms with van der Waals surface area (Å²) in [5.74, 6) is 0.720. The molecule has 0 aliphatic rings. The van der Waals surface area contributed by atoms with Gasteiger partial charge in [-0.05, 0) is 58.7 Å². The zero-order valence-corrected chi connectivity index (χ0v) is 17.1. The van der Waals surface area contributed by atoms with Crippen molar-refractivity contribution in [2.45, 2.75) is 19.8 Å². The summed E-state index contributed by atoms with van der Waals surface area (Å²) in [6, 6.07) is 11.3. The summed E-state index contributed by atoms with van der Waals surface area (Å²) in [6.45, 7) is 2.77. The Morgan fingerprint density at radius 3 is 2.48 bits per heavy atom. The molecule has 0 aliphatic carbocycles. The Kier molecular flexibility index (Phi) is 6.31. The third-order valence-corrected chi connectivity index (χ3v) is 4.45. The molecule has 0 saturated carbocycles. The highest BCUT2D eigenvalue weighted by molar-refractivity contribution is 9.10. The van der Waals surface area contributed by atoms with Gasteiger partial charge >= 0.3 is 12.4 Å². The molecule has 1 heterocycles. The maximum Gasteiger partial charge on any atom is 0.573 e. The third-order valence-electron chi connectivity index (χ3n) is 3.80. The number of halogens is 4. The Bertz CT molecular complexity index is 961. The lowest BCUT2D eigenvalue weighted by molar-refractivity contribution is -0.274. The fraction of sp³-hybridized carbons (Fsp3) is 0.263. The van der Waals surface area contributed by atoms with Crippen LogP contribution in [0.25, 0.3) is 11.5 Å². The van der Waals surface area contributed by atoms with Gasteiger partial charge in [-0.25, -0.2) is 0 Å². The van der Waals surface area contributed by atoms with Crippen LogP contribution in [0.15, 0.2) is 51.4 Å². The minimum atomic E-state index is -4.71. The van der Waals surface area contributed by atoms with Crippen LogP contribution in [-0.4, -0.2) is 30.2 Å². The van der Waals surface area contributed by atoms with E-state index >= 15 is 0 Å². The van der Waals surface area contributed by atoms with Gasteiger partial charge in [-0.2, -0.15) is 0 Å². The summed E-state index contributed by atoms with van der Waals surface area (Å²) in [7, 11) is 1.74. The van der Waals surface area contributed by atoms with Gasteiger partial charge in [0.25, 0.3) is 0 Å². The van der Waals surface area contributed by atoms with Crippen LogP contribution >= 0.6 is 15.9 Å². The van der Waals surface area contributed by atoms with Crippen molar-refractivity contribution in [1.82, 2.24) is 10.2 Å². The van der Waals surface area contributed by atoms with Crippen molar-refractivity contribution in [1.29, 1.82) is 0 Å². The first kappa shape index (κ1) is 21.0. The molecule has 0 saturated heterocycles. The van der Waals surface area contributed by atoms with Gasteiger partial charge in [-0.15, -0.1) is 18.3 Å². The van der Waals surface area contributed by atoms with Crippen LogP contribution in [-0.2, 0) is 6.54 Å². The average Bonchev–Trinajstić information content (AvgIpc) is 3.14. The standard InChI is InChI=1S/C19H17BrF3N3O3/c1-3-27-16-10-13(6-9-15(16)20)17-24-25-18(28-17)26(2)11-12-4-7-14(8-5-12)29-19(21,22)23/h4-10H,3,11H2,1-2H3. The smallest absolute Gasteiger partial charge is 0.493 e. The molecule has 3 rings (SSSR count). The van der Waals surface area contributed by atoms with Crippen LogP contribution in [0, 0.1) is 0 Å². The van der Waals surface area contributed by atoms with Gasteiger partial charge in [0.1, 0.15) is 11.5 Å². The van der Waals surface area contributed by atoms with Crippen molar-refractivity contribution in [2.75, 3.05) is 18.6 Å². The minimum Gasteiger partial charge on any atom is -0.493 e. The predicted octanol–water partition coefficient (Wildman–Crippen LogP) is 5.43. The Labute approximate surface area is 173 Å². The lowest BCUT2D eigenvalue weighted by atomic mass is 10.2. The van der Waals surface area contributed by atoms with Crippen molar-refractivity contribution < 1.29 is 27.1 Å². The highest BCUT2D eigenvalue weighted by Crippen LogP contribution is 2.31. The molecule has 0 unspecified atom stereocenters. The molecule has 3 aromatic rings. The van der Waals surface area contributed by atoms with E-state index in [-0.39, 0.29) is 11.8 Å². The van der Waals surface area contributed by atoms with Gasteiger partial charge in [0.2, 0.25) is 5.89 Å². The number of nitrogens with zero attached hydrogens (tertiary/aromatic N) is 3. The number of hydrogen-bond acceptors (Lipinski definition) is 6. The van der Waals surface area contributed by atoms with Gasteiger partial charge in [0.05, 0.1) is 11.1 Å². The number of ether oxygens (including phenoxy) is 2. The van der Waals surface area contributed by atoms with Gasteiger partial charge in [-0.1, -0.05) is 17.2 Å². The maximum atomic E-state index is 12.2. The predicted molar refractivity (Wildman–Crippen MR) is 104 cm³/mol. The lowest BCUT2D eigenvalue weighted by Crippen LogP contribution is -2.18. The van der Waals surface area contributed by atoms with Crippen LogP contribution in [0.3, 0.4) is 0 Å². The SMILES string of the molecule is CCOc1cc(-c2nnc(N(C)Cc3ccc(OC(F)(F)F)cc3)o2)ccc1Br. The number of benzene rings is 2. The molecular formula is C19H17BrF3N3O3. The second kappa shape index (κ2) is 8.73. The van der Waals surface area contributed by atoms with Crippen LogP contribution in [0.4, 0.5) is 19.2 Å². The quantitative estimate of drug-likeness (QED) is 0.457. The molecule has 0 bridgehead atoms. The molecule has 6 nitrogen and oxygen atoms in total. The van der Waals surface area contributed by atoms with Gasteiger partial charge in [-0.3, -0.25) is 0 Å². The lowest BCUT2D eigenvalue weighted by Gasteiger charge is -2.14. The molecule has 0 amide bonds. The molecule has 0 atom stereocenters. The van der Waals surface area contributed by atoms with Crippen LogP contribution < -0.4 is 14.4 Å². The second-order valence-corrected chi connectivity index (χ2v) is 6.87. The van der Waals surface area contributed by atoms with Crippen molar-refractivity contribution in [2.24, 2.45) is 0 Å². The Morgan fingerprint density at radius 2 is 1.83 bits per heavy atom. The minimum absolute atomic E-state index is 0.274. The summed E-state index contributed by atoms with van der Waals surface area (Å²) in [6.07, 6.45) is -4.71. The molecule has 0 N–H and O–H groups in total.